The fraction of sp³-hybridized carbons (Fsp3) is 0.111. The summed E-state index contributed by atoms with van der Waals surface area (Å²) in [5.41, 5.74) is 5.04. The second kappa shape index (κ2) is 19.0. The molecule has 23 heteroatoms. The molecule has 0 radical (unpaired) electrons. The number of hydrogen-bond donors (Lipinski definition) is 2. The summed E-state index contributed by atoms with van der Waals surface area (Å²) < 4.78 is 72.8. The molecule has 3 N–H and O–H groups in total. The number of benzene rings is 3. The Morgan fingerprint density at radius 1 is 0.927 bits per heavy atom. The van der Waals surface area contributed by atoms with Crippen molar-refractivity contribution >= 4 is 72.2 Å². The van der Waals surface area contributed by atoms with E-state index in [-0.39, 0.29) is 140 Å². The van der Waals surface area contributed by atoms with E-state index in [0.717, 1.165) is 12.1 Å². The van der Waals surface area contributed by atoms with Crippen LogP contribution >= 0.6 is 24.4 Å². The van der Waals surface area contributed by atoms with Crippen molar-refractivity contribution in [3.63, 3.8) is 0 Å². The van der Waals surface area contributed by atoms with Gasteiger partial charge in [0.25, 0.3) is 0 Å². The molecule has 0 fully saturated rings. The van der Waals surface area contributed by atoms with Crippen LogP contribution in [-0.2, 0) is 42.9 Å². The number of anilines is 1. The second-order valence-corrected chi connectivity index (χ2v) is 11.6. The van der Waals surface area contributed by atoms with Gasteiger partial charge in [0.15, 0.2) is 22.2 Å². The smallest absolute Gasteiger partial charge is 0.744 e. The Labute approximate surface area is 308 Å². The molecular formula is C18H14N3Na3O13S4. The van der Waals surface area contributed by atoms with Gasteiger partial charge in [-0.15, -0.1) is 9.45 Å². The normalized spacial score (nSPS) is 11.6. The van der Waals surface area contributed by atoms with Crippen molar-refractivity contribution in [1.29, 1.82) is 0 Å². The zero-order chi connectivity index (χ0) is 27.9. The molecule has 0 heterocycles. The summed E-state index contributed by atoms with van der Waals surface area (Å²) in [6, 6.07) is 8.31. The number of hydrogen-bond acceptors (Lipinski definition) is 18. The number of fused-ring (bicyclic) bond motifs is 1. The van der Waals surface area contributed by atoms with Crippen molar-refractivity contribution in [2.45, 2.75) is 14.7 Å². The molecule has 0 spiro atoms. The Kier molecular flexibility index (Phi) is 19.2. The fourth-order valence-corrected chi connectivity index (χ4v) is 5.52. The van der Waals surface area contributed by atoms with Crippen molar-refractivity contribution in [2.75, 3.05) is 18.1 Å². The van der Waals surface area contributed by atoms with Crippen LogP contribution in [0.2, 0.25) is 0 Å². The molecule has 41 heavy (non-hydrogen) atoms. The summed E-state index contributed by atoms with van der Waals surface area (Å²) in [6.07, 6.45) is 0. The van der Waals surface area contributed by atoms with Gasteiger partial charge in [-0.25, -0.2) is 16.8 Å². The molecule has 206 valence electrons. The van der Waals surface area contributed by atoms with Crippen LogP contribution in [-0.4, -0.2) is 38.9 Å². The Bertz CT molecular complexity index is 1550. The van der Waals surface area contributed by atoms with Gasteiger partial charge in [0, 0.05) is 4.90 Å². The average Bonchev–Trinajstić information content (AvgIpc) is 2.86. The summed E-state index contributed by atoms with van der Waals surface area (Å²) in [5.74, 6) is -0.919. The number of nitrogens with zero attached hydrogens (tertiary/aromatic N) is 2. The van der Waals surface area contributed by atoms with Crippen LogP contribution in [0.5, 0.6) is 5.75 Å². The van der Waals surface area contributed by atoms with Crippen molar-refractivity contribution < 1.29 is 149 Å². The number of sulfone groups is 1. The van der Waals surface area contributed by atoms with Crippen LogP contribution in [0.25, 0.3) is 10.8 Å². The molecule has 3 rings (SSSR count). The largest absolute Gasteiger partial charge is 1.00 e. The second-order valence-electron chi connectivity index (χ2n) is 6.89. The summed E-state index contributed by atoms with van der Waals surface area (Å²) >= 11 is 0.573. The molecule has 0 saturated heterocycles. The first-order valence-corrected chi connectivity index (χ1v) is 14.1. The quantitative estimate of drug-likeness (QED) is 0.0249. The summed E-state index contributed by atoms with van der Waals surface area (Å²) in [6.45, 7) is -0.317. The Balaban J connectivity index is 0.00000533. The van der Waals surface area contributed by atoms with Gasteiger partial charge < -0.3 is 25.9 Å². The zero-order valence-electron chi connectivity index (χ0n) is 21.4. The minimum Gasteiger partial charge on any atom is -0.744 e. The van der Waals surface area contributed by atoms with E-state index in [0.29, 0.717) is 12.0 Å². The number of azo groups is 1. The number of phenols is 1. The van der Waals surface area contributed by atoms with Gasteiger partial charge in [-0.1, -0.05) is 0 Å². The van der Waals surface area contributed by atoms with Gasteiger partial charge in [0.2, 0.25) is 0 Å². The molecule has 0 amide bonds. The first-order valence-electron chi connectivity index (χ1n) is 9.65. The summed E-state index contributed by atoms with van der Waals surface area (Å²) in [5, 5.41) is 44.3. The van der Waals surface area contributed by atoms with Gasteiger partial charge in [-0.2, -0.15) is 9.45 Å². The predicted octanol–water partition coefficient (Wildman–Crippen LogP) is -7.73. The van der Waals surface area contributed by atoms with E-state index in [2.05, 4.69) is 33.2 Å². The Hall–Kier alpha value is 0.400. The van der Waals surface area contributed by atoms with Gasteiger partial charge in [-0.3, -0.25) is 14.3 Å². The number of rotatable bonds is 13. The minimum absolute atomic E-state index is 0. The third kappa shape index (κ3) is 11.7. The third-order valence-corrected chi connectivity index (χ3v) is 8.09. The maximum absolute atomic E-state index is 12.4. The van der Waals surface area contributed by atoms with Crippen LogP contribution in [0, 0.1) is 0 Å². The Morgan fingerprint density at radius 3 is 2.15 bits per heavy atom. The molecule has 0 aliphatic carbocycles. The molecule has 0 aliphatic rings. The molecule has 0 aromatic heterocycles. The van der Waals surface area contributed by atoms with Crippen LogP contribution in [0.15, 0.2) is 67.4 Å². The van der Waals surface area contributed by atoms with Gasteiger partial charge in [-0.05, 0) is 47.9 Å². The van der Waals surface area contributed by atoms with Gasteiger partial charge >= 0.3 is 88.7 Å². The molecule has 0 atom stereocenters. The van der Waals surface area contributed by atoms with Crippen LogP contribution in [0.3, 0.4) is 0 Å². The maximum atomic E-state index is 12.4. The van der Waals surface area contributed by atoms with Crippen LogP contribution in [0.1, 0.15) is 0 Å². The number of aromatic hydroxyl groups is 1. The average molecular weight is 678 g/mol. The molecule has 0 aliphatic heterocycles. The van der Waals surface area contributed by atoms with Crippen LogP contribution < -0.4 is 105 Å². The van der Waals surface area contributed by atoms with Gasteiger partial charge in [0.05, 0.1) is 51.0 Å². The number of nitrogens with two attached hydrogens (primary N) is 1. The summed E-state index contributed by atoms with van der Waals surface area (Å²) in [7, 11) is -8.87. The fourth-order valence-electron chi connectivity index (χ4n) is 3.03. The number of phenolic OH excluding ortho intramolecular Hbond substituents is 1. The van der Waals surface area contributed by atoms with Crippen molar-refractivity contribution in [3.05, 3.63) is 42.5 Å². The topological polar surface area (TPSA) is 255 Å². The van der Waals surface area contributed by atoms with E-state index in [1.54, 1.807) is 0 Å². The molecule has 0 bridgehead atoms. The summed E-state index contributed by atoms with van der Waals surface area (Å²) in [4.78, 5) is -0.822. The monoisotopic (exact) mass is 677 g/mol. The van der Waals surface area contributed by atoms with E-state index in [9.17, 15) is 37.0 Å². The molecule has 0 unspecified atom stereocenters. The molecule has 3 aromatic carbocycles. The molecule has 3 aromatic rings. The maximum Gasteiger partial charge on any atom is 1.00 e. The minimum atomic E-state index is -5.09. The number of nitrogen functional groups attached to an aromatic ring is 1. The molecule has 16 nitrogen and oxygen atoms in total. The first kappa shape index (κ1) is 41.4. The Morgan fingerprint density at radius 2 is 1.56 bits per heavy atom. The van der Waals surface area contributed by atoms with Crippen molar-refractivity contribution in [3.8, 4) is 5.75 Å². The van der Waals surface area contributed by atoms with Gasteiger partial charge in [0.1, 0.15) is 21.6 Å². The predicted molar refractivity (Wildman–Crippen MR) is 124 cm³/mol. The standard InChI is InChI=1S/C18H17N3O13S4.3Na/c19-17-15(38(27,28)29)8-10-7-12(35-33-31-23)9-14(22)16(10)18(17)21-20-11-1-3-13(4-2-11)37(25,26)6-5-30-36-34-32-24;;;/h1-4,7-9,22-24H,5-6,19H2,(H,27,28,29);;;/q;3*+1/p-3. The van der Waals surface area contributed by atoms with Crippen molar-refractivity contribution in [1.82, 2.24) is 0 Å². The van der Waals surface area contributed by atoms with E-state index in [4.69, 9.17) is 5.73 Å². The van der Waals surface area contributed by atoms with E-state index < -0.39 is 42.0 Å². The van der Waals surface area contributed by atoms with Crippen molar-refractivity contribution in [2.24, 2.45) is 10.2 Å². The molecular weight excluding hydrogens is 663 g/mol. The SMILES string of the molecule is Nc1c(S(=O)(=O)[O-])cc2cc(SOO[O-])cc(O)c2c1N=Nc1ccc(S(=O)(=O)CCOSOO[O-])cc1.[Na+].[Na+].[Na+]. The third-order valence-electron chi connectivity index (χ3n) is 4.59. The van der Waals surface area contributed by atoms with E-state index in [1.165, 1.54) is 30.3 Å². The first-order chi connectivity index (χ1) is 18.0. The van der Waals surface area contributed by atoms with Crippen LogP contribution in [0.4, 0.5) is 17.1 Å². The molecule has 0 saturated carbocycles. The van der Waals surface area contributed by atoms with E-state index in [1.807, 2.05) is 0 Å². The van der Waals surface area contributed by atoms with E-state index >= 15 is 0 Å². The zero-order valence-corrected chi connectivity index (χ0v) is 30.7.